The molecule has 5 aromatic carbocycles. The van der Waals surface area contributed by atoms with Gasteiger partial charge in [0.05, 0.1) is 22.4 Å². The fourth-order valence-electron chi connectivity index (χ4n) is 5.89. The summed E-state index contributed by atoms with van der Waals surface area (Å²) in [5.41, 5.74) is 10.1. The van der Waals surface area contributed by atoms with Crippen LogP contribution in [0, 0.1) is 0 Å². The molecule has 43 heavy (non-hydrogen) atoms. The smallest absolute Gasteiger partial charge is 0.328 e. The molecule has 8 rings (SSSR count). The van der Waals surface area contributed by atoms with Gasteiger partial charge in [-0.25, -0.2) is 14.8 Å². The lowest BCUT2D eigenvalue weighted by Gasteiger charge is -2.11. The lowest BCUT2D eigenvalue weighted by Crippen LogP contribution is -2.19. The summed E-state index contributed by atoms with van der Waals surface area (Å²) in [6, 6.07) is 40.9. The molecule has 206 valence electrons. The van der Waals surface area contributed by atoms with Crippen LogP contribution in [0.1, 0.15) is 0 Å². The van der Waals surface area contributed by atoms with E-state index in [-0.39, 0.29) is 5.69 Å². The van der Waals surface area contributed by atoms with Crippen molar-refractivity contribution >= 4 is 33.0 Å². The van der Waals surface area contributed by atoms with E-state index in [1.54, 1.807) is 23.2 Å². The summed E-state index contributed by atoms with van der Waals surface area (Å²) < 4.78 is 9.55. The van der Waals surface area contributed by atoms with E-state index in [2.05, 4.69) is 54.6 Å². The molecule has 0 aliphatic heterocycles. The van der Waals surface area contributed by atoms with Crippen LogP contribution in [0.5, 0.6) is 0 Å². The molecule has 0 saturated heterocycles. The van der Waals surface area contributed by atoms with Gasteiger partial charge < -0.3 is 4.42 Å². The molecule has 0 aliphatic carbocycles. The van der Waals surface area contributed by atoms with Gasteiger partial charge in [0, 0.05) is 41.6 Å². The summed E-state index contributed by atoms with van der Waals surface area (Å²) in [7, 11) is 3.61. The Kier molecular flexibility index (Phi) is 5.62. The fraction of sp³-hybridized carbons (Fsp3) is 0.0541. The Bertz CT molecular complexity index is 2400. The van der Waals surface area contributed by atoms with Crippen LogP contribution in [0.4, 0.5) is 0 Å². The molecule has 6 nitrogen and oxygen atoms in total. The first-order chi connectivity index (χ1) is 21.0. The van der Waals surface area contributed by atoms with E-state index in [0.717, 1.165) is 72.2 Å². The average molecular weight is 559 g/mol. The van der Waals surface area contributed by atoms with E-state index >= 15 is 0 Å². The Morgan fingerprint density at radius 2 is 1.14 bits per heavy atom. The second-order valence-corrected chi connectivity index (χ2v) is 10.8. The molecule has 3 aromatic heterocycles. The van der Waals surface area contributed by atoms with Crippen LogP contribution in [-0.2, 0) is 14.1 Å². The largest absolute Gasteiger partial charge is 0.456 e. The molecule has 0 bridgehead atoms. The number of para-hydroxylation sites is 1. The van der Waals surface area contributed by atoms with Crippen molar-refractivity contribution in [1.82, 2.24) is 19.1 Å². The van der Waals surface area contributed by atoms with Crippen LogP contribution in [0.3, 0.4) is 0 Å². The van der Waals surface area contributed by atoms with Gasteiger partial charge in [0.1, 0.15) is 11.2 Å². The predicted molar refractivity (Wildman–Crippen MR) is 173 cm³/mol. The molecular formula is C37H26N4O2. The van der Waals surface area contributed by atoms with Gasteiger partial charge in [0.2, 0.25) is 0 Å². The lowest BCUT2D eigenvalue weighted by atomic mass is 10.00. The number of benzene rings is 5. The van der Waals surface area contributed by atoms with Gasteiger partial charge in [-0.1, -0.05) is 78.9 Å². The van der Waals surface area contributed by atoms with Gasteiger partial charge in [-0.15, -0.1) is 0 Å². The van der Waals surface area contributed by atoms with Crippen molar-refractivity contribution in [3.63, 3.8) is 0 Å². The molecule has 0 saturated carbocycles. The molecule has 0 atom stereocenters. The maximum Gasteiger partial charge on any atom is 0.328 e. The summed E-state index contributed by atoms with van der Waals surface area (Å²) in [6.45, 7) is 0. The summed E-state index contributed by atoms with van der Waals surface area (Å²) >= 11 is 0. The number of aryl methyl sites for hydroxylation is 2. The zero-order valence-corrected chi connectivity index (χ0v) is 23.7. The Hall–Kier alpha value is -5.75. The van der Waals surface area contributed by atoms with Gasteiger partial charge in [0.15, 0.2) is 5.82 Å². The third kappa shape index (κ3) is 4.15. The maximum absolute atomic E-state index is 12.5. The van der Waals surface area contributed by atoms with Gasteiger partial charge in [-0.05, 0) is 53.6 Å². The zero-order chi connectivity index (χ0) is 29.1. The van der Waals surface area contributed by atoms with Crippen molar-refractivity contribution in [3.8, 4) is 45.0 Å². The molecule has 8 aromatic rings. The molecule has 6 heteroatoms. The van der Waals surface area contributed by atoms with E-state index in [4.69, 9.17) is 14.4 Å². The molecule has 0 unspecified atom stereocenters. The molecule has 0 radical (unpaired) electrons. The number of furan rings is 1. The van der Waals surface area contributed by atoms with Crippen LogP contribution in [-0.4, -0.2) is 19.1 Å². The third-order valence-corrected chi connectivity index (χ3v) is 8.20. The van der Waals surface area contributed by atoms with Gasteiger partial charge >= 0.3 is 5.69 Å². The number of fused-ring (bicyclic) bond motifs is 4. The summed E-state index contributed by atoms with van der Waals surface area (Å²) in [5.74, 6) is 0.656. The standard InChI is InChI=1S/C37H26N4O2/c1-40-32-18-16-25(20-33(32)41(2)37(40)42)24-11-8-12-26(19-24)30-22-31(39-36(38-30)23-9-4-3-5-10-23)27-15-17-29-28-13-6-7-14-34(28)43-35(29)21-27/h3-22H,1-2H3. The van der Waals surface area contributed by atoms with Crippen molar-refractivity contribution in [3.05, 3.63) is 132 Å². The highest BCUT2D eigenvalue weighted by atomic mass is 16.3. The minimum atomic E-state index is -0.0382. The number of aromatic nitrogens is 4. The minimum Gasteiger partial charge on any atom is -0.456 e. The summed E-state index contributed by atoms with van der Waals surface area (Å²) in [6.07, 6.45) is 0. The van der Waals surface area contributed by atoms with Crippen molar-refractivity contribution < 1.29 is 4.42 Å². The quantitative estimate of drug-likeness (QED) is 0.218. The number of rotatable bonds is 4. The van der Waals surface area contributed by atoms with Crippen LogP contribution in [0.25, 0.3) is 78.0 Å². The fourth-order valence-corrected chi connectivity index (χ4v) is 5.89. The van der Waals surface area contributed by atoms with Gasteiger partial charge in [-0.3, -0.25) is 9.13 Å². The highest BCUT2D eigenvalue weighted by Crippen LogP contribution is 2.34. The molecule has 0 amide bonds. The molecular weight excluding hydrogens is 532 g/mol. The van der Waals surface area contributed by atoms with E-state index < -0.39 is 0 Å². The normalized spacial score (nSPS) is 11.6. The number of hydrogen-bond donors (Lipinski definition) is 0. The third-order valence-electron chi connectivity index (χ3n) is 8.20. The summed E-state index contributed by atoms with van der Waals surface area (Å²) in [4.78, 5) is 22.5. The first-order valence-electron chi connectivity index (χ1n) is 14.2. The zero-order valence-electron chi connectivity index (χ0n) is 23.7. The average Bonchev–Trinajstić information content (AvgIpc) is 3.54. The molecule has 0 spiro atoms. The van der Waals surface area contributed by atoms with Crippen molar-refractivity contribution in [2.75, 3.05) is 0 Å². The van der Waals surface area contributed by atoms with Gasteiger partial charge in [0.25, 0.3) is 0 Å². The molecule has 0 fully saturated rings. The molecule has 0 N–H and O–H groups in total. The maximum atomic E-state index is 12.5. The van der Waals surface area contributed by atoms with E-state index in [9.17, 15) is 4.79 Å². The SMILES string of the molecule is Cn1c(=O)n(C)c2cc(-c3cccc(-c4cc(-c5ccc6c(c5)oc5ccccc56)nc(-c5ccccc5)n4)c3)ccc21. The first kappa shape index (κ1) is 25.0. The van der Waals surface area contributed by atoms with E-state index in [1.807, 2.05) is 66.7 Å². The highest BCUT2D eigenvalue weighted by Gasteiger charge is 2.14. The minimum absolute atomic E-state index is 0.0382. The number of hydrogen-bond acceptors (Lipinski definition) is 4. The highest BCUT2D eigenvalue weighted by molar-refractivity contribution is 6.05. The first-order valence-corrected chi connectivity index (χ1v) is 14.2. The van der Waals surface area contributed by atoms with Crippen molar-refractivity contribution in [2.24, 2.45) is 14.1 Å². The van der Waals surface area contributed by atoms with Gasteiger partial charge in [-0.2, -0.15) is 0 Å². The van der Waals surface area contributed by atoms with Crippen LogP contribution >= 0.6 is 0 Å². The van der Waals surface area contributed by atoms with E-state index in [0.29, 0.717) is 5.82 Å². The number of nitrogens with zero attached hydrogens (tertiary/aromatic N) is 4. The van der Waals surface area contributed by atoms with Crippen LogP contribution < -0.4 is 5.69 Å². The lowest BCUT2D eigenvalue weighted by molar-refractivity contribution is 0.669. The second kappa shape index (κ2) is 9.67. The Balaban J connectivity index is 1.28. The Morgan fingerprint density at radius 1 is 0.512 bits per heavy atom. The van der Waals surface area contributed by atoms with E-state index in [1.165, 1.54) is 0 Å². The molecule has 0 aliphatic rings. The van der Waals surface area contributed by atoms with Crippen molar-refractivity contribution in [2.45, 2.75) is 0 Å². The number of imidazole rings is 1. The van der Waals surface area contributed by atoms with Crippen LogP contribution in [0.2, 0.25) is 0 Å². The topological polar surface area (TPSA) is 65.8 Å². The second-order valence-electron chi connectivity index (χ2n) is 10.8. The monoisotopic (exact) mass is 558 g/mol. The molecule has 3 heterocycles. The van der Waals surface area contributed by atoms with Crippen molar-refractivity contribution in [1.29, 1.82) is 0 Å². The predicted octanol–water partition coefficient (Wildman–Crippen LogP) is 8.23. The Labute approximate surface area is 247 Å². The van der Waals surface area contributed by atoms with Crippen LogP contribution in [0.15, 0.2) is 131 Å². The summed E-state index contributed by atoms with van der Waals surface area (Å²) in [5, 5.41) is 2.18. The Morgan fingerprint density at radius 3 is 1.98 bits per heavy atom.